The molecule has 0 amide bonds. The van der Waals surface area contributed by atoms with Crippen LogP contribution in [0.4, 0.5) is 5.69 Å². The van der Waals surface area contributed by atoms with Crippen molar-refractivity contribution in [2.24, 2.45) is 0 Å². The molecule has 2 rings (SSSR count). The molecule has 1 fully saturated rings. The molecule has 1 atom stereocenters. The van der Waals surface area contributed by atoms with Crippen molar-refractivity contribution in [2.45, 2.75) is 37.7 Å². The second kappa shape index (κ2) is 5.71. The Kier molecular flexibility index (Phi) is 4.36. The van der Waals surface area contributed by atoms with Crippen LogP contribution < -0.4 is 5.73 Å². The second-order valence-corrected chi connectivity index (χ2v) is 7.25. The van der Waals surface area contributed by atoms with Crippen molar-refractivity contribution in [2.75, 3.05) is 25.9 Å². The van der Waals surface area contributed by atoms with Crippen molar-refractivity contribution >= 4 is 15.7 Å². The molecule has 0 radical (unpaired) electrons. The van der Waals surface area contributed by atoms with Crippen LogP contribution in [-0.2, 0) is 14.8 Å². The molecule has 112 valence electrons. The molecular formula is C14H22N2O3S. The normalized spacial score (nSPS) is 21.1. The van der Waals surface area contributed by atoms with Gasteiger partial charge in [-0.2, -0.15) is 4.31 Å². The molecule has 1 aromatic carbocycles. The molecule has 0 aromatic heterocycles. The molecular weight excluding hydrogens is 276 g/mol. The minimum atomic E-state index is -3.51. The van der Waals surface area contributed by atoms with Crippen LogP contribution in [0.5, 0.6) is 0 Å². The van der Waals surface area contributed by atoms with Crippen molar-refractivity contribution < 1.29 is 13.2 Å². The summed E-state index contributed by atoms with van der Waals surface area (Å²) in [4.78, 5) is 0.312. The molecule has 1 heterocycles. The van der Waals surface area contributed by atoms with Gasteiger partial charge >= 0.3 is 0 Å². The number of anilines is 1. The minimum Gasteiger partial charge on any atom is -0.398 e. The Balaban J connectivity index is 2.40. The van der Waals surface area contributed by atoms with Crippen LogP contribution in [0.25, 0.3) is 0 Å². The van der Waals surface area contributed by atoms with Crippen LogP contribution in [0, 0.1) is 13.8 Å². The predicted molar refractivity (Wildman–Crippen MR) is 79.1 cm³/mol. The SMILES string of the molecule is COC1CCCN(S(=O)(=O)c2cc(C)cc(N)c2C)C1. The van der Waals surface area contributed by atoms with E-state index in [1.165, 1.54) is 4.31 Å². The van der Waals surface area contributed by atoms with E-state index in [2.05, 4.69) is 0 Å². The Bertz CT molecular complexity index is 599. The number of ether oxygens (including phenoxy) is 1. The number of nitrogen functional groups attached to an aromatic ring is 1. The van der Waals surface area contributed by atoms with E-state index in [4.69, 9.17) is 10.5 Å². The molecule has 0 aliphatic carbocycles. The first-order valence-electron chi connectivity index (χ1n) is 6.76. The number of piperidine rings is 1. The van der Waals surface area contributed by atoms with E-state index in [1.807, 2.05) is 6.92 Å². The highest BCUT2D eigenvalue weighted by atomic mass is 32.2. The van der Waals surface area contributed by atoms with Crippen molar-refractivity contribution in [3.05, 3.63) is 23.3 Å². The van der Waals surface area contributed by atoms with Gasteiger partial charge in [-0.05, 0) is 49.9 Å². The summed E-state index contributed by atoms with van der Waals surface area (Å²) >= 11 is 0. The zero-order valence-corrected chi connectivity index (χ0v) is 13.0. The van der Waals surface area contributed by atoms with Gasteiger partial charge in [-0.25, -0.2) is 8.42 Å². The highest BCUT2D eigenvalue weighted by molar-refractivity contribution is 7.89. The Labute approximate surface area is 120 Å². The number of sulfonamides is 1. The van der Waals surface area contributed by atoms with Crippen molar-refractivity contribution in [1.82, 2.24) is 4.31 Å². The van der Waals surface area contributed by atoms with E-state index >= 15 is 0 Å². The zero-order valence-electron chi connectivity index (χ0n) is 12.2. The highest BCUT2D eigenvalue weighted by Gasteiger charge is 2.31. The lowest BCUT2D eigenvalue weighted by Crippen LogP contribution is -2.43. The molecule has 1 aliphatic heterocycles. The minimum absolute atomic E-state index is 0.0269. The number of hydrogen-bond donors (Lipinski definition) is 1. The molecule has 1 saturated heterocycles. The average Bonchev–Trinajstić information content (AvgIpc) is 2.42. The number of nitrogens with two attached hydrogens (primary N) is 1. The smallest absolute Gasteiger partial charge is 0.243 e. The van der Waals surface area contributed by atoms with Gasteiger partial charge in [0.25, 0.3) is 0 Å². The molecule has 0 bridgehead atoms. The number of methoxy groups -OCH3 is 1. The molecule has 1 aromatic rings. The molecule has 5 nitrogen and oxygen atoms in total. The van der Waals surface area contributed by atoms with Crippen LogP contribution in [0.1, 0.15) is 24.0 Å². The molecule has 2 N–H and O–H groups in total. The third-order valence-electron chi connectivity index (χ3n) is 3.84. The molecule has 1 unspecified atom stereocenters. The number of nitrogens with zero attached hydrogens (tertiary/aromatic N) is 1. The number of benzene rings is 1. The summed E-state index contributed by atoms with van der Waals surface area (Å²) in [6.45, 7) is 4.55. The summed E-state index contributed by atoms with van der Waals surface area (Å²) in [5.41, 5.74) is 7.89. The maximum absolute atomic E-state index is 12.8. The van der Waals surface area contributed by atoms with Crippen LogP contribution in [0.15, 0.2) is 17.0 Å². The maximum Gasteiger partial charge on any atom is 0.243 e. The molecule has 1 aliphatic rings. The van der Waals surface area contributed by atoms with Gasteiger partial charge in [0.15, 0.2) is 0 Å². The van der Waals surface area contributed by atoms with Gasteiger partial charge in [0.2, 0.25) is 10.0 Å². The molecule has 0 saturated carbocycles. The van der Waals surface area contributed by atoms with Crippen LogP contribution in [0.3, 0.4) is 0 Å². The van der Waals surface area contributed by atoms with Gasteiger partial charge in [0.1, 0.15) is 0 Å². The van der Waals surface area contributed by atoms with Gasteiger partial charge < -0.3 is 10.5 Å². The van der Waals surface area contributed by atoms with E-state index in [-0.39, 0.29) is 6.10 Å². The van der Waals surface area contributed by atoms with Gasteiger partial charge in [0, 0.05) is 25.9 Å². The van der Waals surface area contributed by atoms with Crippen molar-refractivity contribution in [1.29, 1.82) is 0 Å². The Hall–Kier alpha value is -1.11. The summed E-state index contributed by atoms with van der Waals surface area (Å²) in [5.74, 6) is 0. The van der Waals surface area contributed by atoms with Gasteiger partial charge in [-0.1, -0.05) is 0 Å². The quantitative estimate of drug-likeness (QED) is 0.862. The number of hydrogen-bond acceptors (Lipinski definition) is 4. The second-order valence-electron chi connectivity index (χ2n) is 5.34. The fourth-order valence-electron chi connectivity index (χ4n) is 2.58. The van der Waals surface area contributed by atoms with Crippen LogP contribution >= 0.6 is 0 Å². The van der Waals surface area contributed by atoms with E-state index < -0.39 is 10.0 Å². The molecule has 0 spiro atoms. The van der Waals surface area contributed by atoms with Crippen LogP contribution in [0.2, 0.25) is 0 Å². The van der Waals surface area contributed by atoms with Crippen LogP contribution in [-0.4, -0.2) is 39.0 Å². The lowest BCUT2D eigenvalue weighted by atomic mass is 10.1. The third-order valence-corrected chi connectivity index (χ3v) is 5.83. The maximum atomic E-state index is 12.8. The fourth-order valence-corrected chi connectivity index (χ4v) is 4.42. The molecule has 20 heavy (non-hydrogen) atoms. The largest absolute Gasteiger partial charge is 0.398 e. The predicted octanol–water partition coefficient (Wildman–Crippen LogP) is 1.69. The van der Waals surface area contributed by atoms with Gasteiger partial charge in [-0.15, -0.1) is 0 Å². The summed E-state index contributed by atoms with van der Waals surface area (Å²) in [6.07, 6.45) is 1.69. The van der Waals surface area contributed by atoms with Crippen molar-refractivity contribution in [3.63, 3.8) is 0 Å². The summed E-state index contributed by atoms with van der Waals surface area (Å²) in [7, 11) is -1.89. The monoisotopic (exact) mass is 298 g/mol. The number of aryl methyl sites for hydroxylation is 1. The average molecular weight is 298 g/mol. The van der Waals surface area contributed by atoms with E-state index in [9.17, 15) is 8.42 Å². The fraction of sp³-hybridized carbons (Fsp3) is 0.571. The third kappa shape index (κ3) is 2.82. The number of rotatable bonds is 3. The first-order valence-corrected chi connectivity index (χ1v) is 8.20. The summed E-state index contributed by atoms with van der Waals surface area (Å²) < 4.78 is 32.4. The van der Waals surface area contributed by atoms with E-state index in [1.54, 1.807) is 26.2 Å². The van der Waals surface area contributed by atoms with E-state index in [0.717, 1.165) is 18.4 Å². The lowest BCUT2D eigenvalue weighted by molar-refractivity contribution is 0.0572. The first kappa shape index (κ1) is 15.3. The summed E-state index contributed by atoms with van der Waals surface area (Å²) in [5, 5.41) is 0. The Morgan fingerprint density at radius 1 is 1.35 bits per heavy atom. The topological polar surface area (TPSA) is 72.6 Å². The van der Waals surface area contributed by atoms with Gasteiger partial charge in [-0.3, -0.25) is 0 Å². The standard InChI is InChI=1S/C14H22N2O3S/c1-10-7-13(15)11(2)14(8-10)20(17,18)16-6-4-5-12(9-16)19-3/h7-8,12H,4-6,9,15H2,1-3H3. The van der Waals surface area contributed by atoms with E-state index in [0.29, 0.717) is 29.2 Å². The molecule has 6 heteroatoms. The van der Waals surface area contributed by atoms with Gasteiger partial charge in [0.05, 0.1) is 11.0 Å². The zero-order chi connectivity index (χ0) is 14.9. The Morgan fingerprint density at radius 2 is 2.05 bits per heavy atom. The lowest BCUT2D eigenvalue weighted by Gasteiger charge is -2.31. The summed E-state index contributed by atoms with van der Waals surface area (Å²) in [6, 6.07) is 3.49. The Morgan fingerprint density at radius 3 is 2.70 bits per heavy atom. The highest BCUT2D eigenvalue weighted by Crippen LogP contribution is 2.28. The first-order chi connectivity index (χ1) is 9.36. The van der Waals surface area contributed by atoms with Crippen molar-refractivity contribution in [3.8, 4) is 0 Å².